The Labute approximate surface area is 146 Å². The lowest BCUT2D eigenvalue weighted by Gasteiger charge is -2.26. The van der Waals surface area contributed by atoms with E-state index in [0.717, 1.165) is 0 Å². The third-order valence-corrected chi connectivity index (χ3v) is 7.75. The van der Waals surface area contributed by atoms with Crippen molar-refractivity contribution in [3.05, 3.63) is 0 Å². The molecule has 0 radical (unpaired) electrons. The summed E-state index contributed by atoms with van der Waals surface area (Å²) < 4.78 is 36.5. The fourth-order valence-corrected chi connectivity index (χ4v) is 4.07. The van der Waals surface area contributed by atoms with Gasteiger partial charge in [-0.05, 0) is 6.42 Å². The monoisotopic (exact) mass is 388 g/mol. The molecule has 0 saturated carbocycles. The Morgan fingerprint density at radius 3 is 1.75 bits per heavy atom. The van der Waals surface area contributed by atoms with Gasteiger partial charge in [-0.1, -0.05) is 6.92 Å². The van der Waals surface area contributed by atoms with Crippen LogP contribution in [0.15, 0.2) is 0 Å². The minimum Gasteiger partial charge on any atom is -0.390 e. The predicted octanol–water partition coefficient (Wildman–Crippen LogP) is -0.200. The van der Waals surface area contributed by atoms with Gasteiger partial charge in [0.2, 0.25) is 0 Å². The van der Waals surface area contributed by atoms with Gasteiger partial charge >= 0.3 is 17.6 Å². The molecular weight excluding hydrogens is 356 g/mol. The van der Waals surface area contributed by atoms with E-state index in [-0.39, 0.29) is 31.7 Å². The van der Waals surface area contributed by atoms with Crippen LogP contribution in [0.4, 0.5) is 0 Å². The van der Waals surface area contributed by atoms with Gasteiger partial charge in [0.1, 0.15) is 12.3 Å². The first-order valence-corrected chi connectivity index (χ1v) is 11.6. The summed E-state index contributed by atoms with van der Waals surface area (Å²) in [6, 6.07) is 0.299. The van der Waals surface area contributed by atoms with Gasteiger partial charge in [0, 0.05) is 41.6 Å². The van der Waals surface area contributed by atoms with E-state index < -0.39 is 17.6 Å². The summed E-state index contributed by atoms with van der Waals surface area (Å²) in [5, 5.41) is 0. The first kappa shape index (κ1) is 24.1. The highest BCUT2D eigenvalue weighted by molar-refractivity contribution is 6.59. The lowest BCUT2D eigenvalue weighted by Crippen LogP contribution is -2.47. The van der Waals surface area contributed by atoms with Crippen molar-refractivity contribution in [1.82, 2.24) is 0 Å². The summed E-state index contributed by atoms with van der Waals surface area (Å²) in [4.78, 5) is 20.0. The van der Waals surface area contributed by atoms with Crippen LogP contribution in [0.2, 0.25) is 6.04 Å². The van der Waals surface area contributed by atoms with E-state index in [0.29, 0.717) is 12.5 Å². The number of hydrogen-bond acceptors (Lipinski definition) is 9. The van der Waals surface area contributed by atoms with Crippen LogP contribution >= 0.6 is 0 Å². The van der Waals surface area contributed by atoms with Crippen molar-refractivity contribution in [3.63, 3.8) is 0 Å². The molecule has 9 nitrogen and oxygen atoms in total. The molecule has 2 N–H and O–H groups in total. The molecule has 0 fully saturated rings. The maximum Gasteiger partial charge on any atom is 0.524 e. The van der Waals surface area contributed by atoms with E-state index in [1.165, 1.54) is 28.4 Å². The molecule has 0 rings (SSSR count). The summed E-state index contributed by atoms with van der Waals surface area (Å²) in [6.45, 7) is 2.43. The van der Waals surface area contributed by atoms with Crippen LogP contribution in [-0.4, -0.2) is 94.4 Å². The van der Waals surface area contributed by atoms with Crippen LogP contribution in [-0.2, 0) is 31.9 Å². The maximum atomic E-state index is 10.1. The van der Waals surface area contributed by atoms with Crippen molar-refractivity contribution in [2.45, 2.75) is 31.6 Å². The second-order valence-electron chi connectivity index (χ2n) is 5.18. The van der Waals surface area contributed by atoms with Gasteiger partial charge in [-0.15, -0.1) is 0 Å². The van der Waals surface area contributed by atoms with E-state index in [2.05, 4.69) is 0 Å². The minimum atomic E-state index is -3.25. The first-order valence-electron chi connectivity index (χ1n) is 7.69. The van der Waals surface area contributed by atoms with Crippen LogP contribution in [0, 0.1) is 0 Å². The van der Waals surface area contributed by atoms with Gasteiger partial charge < -0.3 is 41.5 Å². The van der Waals surface area contributed by atoms with Crippen molar-refractivity contribution >= 4 is 17.6 Å². The average molecular weight is 389 g/mol. The van der Waals surface area contributed by atoms with Gasteiger partial charge in [0.15, 0.2) is 0 Å². The van der Waals surface area contributed by atoms with Crippen LogP contribution in [0.1, 0.15) is 13.3 Å². The molecule has 11 heteroatoms. The second-order valence-corrected chi connectivity index (χ2v) is 10.4. The van der Waals surface area contributed by atoms with Gasteiger partial charge in [0.25, 0.3) is 0 Å². The summed E-state index contributed by atoms with van der Waals surface area (Å²) >= 11 is 0. The Hall–Kier alpha value is 0.0738. The molecule has 0 aromatic heterocycles. The number of ether oxygens (including phenoxy) is 3. The third-order valence-electron chi connectivity index (χ3n) is 3.66. The molecule has 0 aromatic carbocycles. The van der Waals surface area contributed by atoms with Crippen LogP contribution < -0.4 is 0 Å². The lowest BCUT2D eigenvalue weighted by atomic mass is 10.3. The van der Waals surface area contributed by atoms with Crippen molar-refractivity contribution in [2.75, 3.05) is 55.0 Å². The molecular formula is C13H32O9Si2. The number of methoxy groups -OCH3 is 1. The Kier molecular flexibility index (Phi) is 12.5. The Morgan fingerprint density at radius 1 is 0.792 bits per heavy atom. The normalized spacial score (nSPS) is 15.5. The van der Waals surface area contributed by atoms with E-state index >= 15 is 0 Å². The highest BCUT2D eigenvalue weighted by Crippen LogP contribution is 2.16. The number of rotatable bonds is 15. The first-order chi connectivity index (χ1) is 11.3. The van der Waals surface area contributed by atoms with E-state index in [1.807, 2.05) is 6.92 Å². The zero-order valence-electron chi connectivity index (χ0n) is 15.4. The van der Waals surface area contributed by atoms with Crippen molar-refractivity contribution in [3.8, 4) is 0 Å². The molecule has 0 amide bonds. The van der Waals surface area contributed by atoms with Crippen molar-refractivity contribution in [2.24, 2.45) is 0 Å². The smallest absolute Gasteiger partial charge is 0.390 e. The highest BCUT2D eigenvalue weighted by atomic mass is 28.4. The van der Waals surface area contributed by atoms with Gasteiger partial charge in [0.05, 0.1) is 19.3 Å². The van der Waals surface area contributed by atoms with E-state index in [4.69, 9.17) is 31.9 Å². The molecule has 0 aliphatic heterocycles. The summed E-state index contributed by atoms with van der Waals surface area (Å²) in [5.74, 6) is 0. The lowest BCUT2D eigenvalue weighted by molar-refractivity contribution is -0.0613. The fraction of sp³-hybridized carbons (Fsp3) is 1.00. The Morgan fingerprint density at radius 2 is 1.33 bits per heavy atom. The molecule has 0 aliphatic carbocycles. The Bertz CT molecular complexity index is 314. The maximum absolute atomic E-state index is 10.1. The molecule has 2 atom stereocenters. The summed E-state index contributed by atoms with van der Waals surface area (Å²) in [6.07, 6.45) is 0.116. The molecule has 0 aromatic rings. The Balaban J connectivity index is 4.31. The van der Waals surface area contributed by atoms with Crippen LogP contribution in [0.3, 0.4) is 0 Å². The molecule has 0 heterocycles. The van der Waals surface area contributed by atoms with Gasteiger partial charge in [-0.2, -0.15) is 0 Å². The molecule has 0 saturated heterocycles. The topological polar surface area (TPSA) is 105 Å². The molecule has 24 heavy (non-hydrogen) atoms. The average Bonchev–Trinajstić information content (AvgIpc) is 2.62. The zero-order valence-corrected chi connectivity index (χ0v) is 17.4. The second kappa shape index (κ2) is 12.4. The van der Waals surface area contributed by atoms with Crippen LogP contribution in [0.5, 0.6) is 0 Å². The van der Waals surface area contributed by atoms with E-state index in [9.17, 15) is 9.59 Å². The molecule has 2 unspecified atom stereocenters. The fourth-order valence-electron chi connectivity index (χ4n) is 1.81. The molecule has 0 aliphatic rings. The quantitative estimate of drug-likeness (QED) is 0.369. The van der Waals surface area contributed by atoms with Gasteiger partial charge in [-0.3, -0.25) is 0 Å². The standard InChI is InChI=1S/C13H32O9Si2/c1-7-12(10-23(14,17-3)18-4)22-9-13(16-2)8-21-11-24(15,19-5)20-6/h12-15H,7-11H2,1-6H3. The van der Waals surface area contributed by atoms with Crippen LogP contribution in [0.25, 0.3) is 0 Å². The summed E-state index contributed by atoms with van der Waals surface area (Å²) in [5.41, 5.74) is 0. The third kappa shape index (κ3) is 8.96. The van der Waals surface area contributed by atoms with E-state index in [1.54, 1.807) is 7.11 Å². The molecule has 146 valence electrons. The van der Waals surface area contributed by atoms with Crippen molar-refractivity contribution in [1.29, 1.82) is 0 Å². The largest absolute Gasteiger partial charge is 0.524 e. The number of hydrogen-bond donors (Lipinski definition) is 2. The van der Waals surface area contributed by atoms with Gasteiger partial charge in [-0.25, -0.2) is 0 Å². The minimum absolute atomic E-state index is 0.0307. The molecule has 0 spiro atoms. The zero-order chi connectivity index (χ0) is 18.6. The highest BCUT2D eigenvalue weighted by Gasteiger charge is 2.38. The van der Waals surface area contributed by atoms with Crippen molar-refractivity contribution < 1.29 is 41.5 Å². The SMILES string of the molecule is CCC(C[Si](O)(OC)OC)OCC(COC[Si](O)(OC)OC)OC. The molecule has 0 bridgehead atoms. The predicted molar refractivity (Wildman–Crippen MR) is 90.4 cm³/mol. The summed E-state index contributed by atoms with van der Waals surface area (Å²) in [7, 11) is 0.705.